The number of aryl methyl sites for hydroxylation is 1. The molecular formula is C15H18N2O7S. The molecule has 0 unspecified atom stereocenters. The second kappa shape index (κ2) is 7.18. The minimum atomic E-state index is -3.14. The molecule has 0 radical (unpaired) electrons. The van der Waals surface area contributed by atoms with Crippen LogP contribution in [0.3, 0.4) is 0 Å². The molecule has 0 spiro atoms. The Balaban J connectivity index is 1.99. The zero-order valence-electron chi connectivity index (χ0n) is 13.7. The SMILES string of the molecule is Cc1ccc(C(=O)O[C@H](C)C(=O)N[C@H]2CCS(=O)(=O)C2)cc1[N+](=O)[O-]. The van der Waals surface area contributed by atoms with E-state index in [-0.39, 0.29) is 22.8 Å². The summed E-state index contributed by atoms with van der Waals surface area (Å²) in [6.07, 6.45) is -0.838. The second-order valence-corrected chi connectivity index (χ2v) is 8.14. The summed E-state index contributed by atoms with van der Waals surface area (Å²) in [6.45, 7) is 2.89. The molecule has 1 saturated heterocycles. The maximum absolute atomic E-state index is 12.1. The van der Waals surface area contributed by atoms with Gasteiger partial charge in [-0.1, -0.05) is 6.07 Å². The number of hydrogen-bond donors (Lipinski definition) is 1. The Hall–Kier alpha value is -2.49. The molecule has 136 valence electrons. The van der Waals surface area contributed by atoms with Crippen LogP contribution in [0.4, 0.5) is 5.69 Å². The predicted octanol–water partition coefficient (Wildman–Crippen LogP) is 0.752. The van der Waals surface area contributed by atoms with E-state index >= 15 is 0 Å². The second-order valence-electron chi connectivity index (χ2n) is 5.91. The Kier molecular flexibility index (Phi) is 5.41. The predicted molar refractivity (Wildman–Crippen MR) is 87.9 cm³/mol. The number of rotatable bonds is 5. The number of ether oxygens (including phenoxy) is 1. The summed E-state index contributed by atoms with van der Waals surface area (Å²) in [5.41, 5.74) is 0.137. The van der Waals surface area contributed by atoms with Crippen LogP contribution in [0, 0.1) is 17.0 Å². The summed E-state index contributed by atoms with van der Waals surface area (Å²) in [6, 6.07) is 3.38. The van der Waals surface area contributed by atoms with Crippen LogP contribution in [0.15, 0.2) is 18.2 Å². The summed E-state index contributed by atoms with van der Waals surface area (Å²) in [5.74, 6) is -1.61. The summed E-state index contributed by atoms with van der Waals surface area (Å²) in [4.78, 5) is 34.4. The zero-order chi connectivity index (χ0) is 18.8. The molecule has 1 N–H and O–H groups in total. The number of amides is 1. The number of nitro groups is 1. The average Bonchev–Trinajstić information content (AvgIpc) is 2.85. The third-order valence-corrected chi connectivity index (χ3v) is 5.64. The van der Waals surface area contributed by atoms with Gasteiger partial charge in [0.2, 0.25) is 0 Å². The first-order valence-electron chi connectivity index (χ1n) is 7.56. The first-order chi connectivity index (χ1) is 11.6. The number of hydrogen-bond acceptors (Lipinski definition) is 7. The number of nitro benzene ring substituents is 1. The van der Waals surface area contributed by atoms with Gasteiger partial charge in [0.25, 0.3) is 11.6 Å². The molecule has 0 saturated carbocycles. The first-order valence-corrected chi connectivity index (χ1v) is 9.38. The van der Waals surface area contributed by atoms with Crippen molar-refractivity contribution < 1.29 is 27.7 Å². The van der Waals surface area contributed by atoms with E-state index in [4.69, 9.17) is 4.74 Å². The molecule has 2 atom stereocenters. The van der Waals surface area contributed by atoms with Gasteiger partial charge in [-0.3, -0.25) is 14.9 Å². The van der Waals surface area contributed by atoms with Crippen molar-refractivity contribution in [1.29, 1.82) is 0 Å². The van der Waals surface area contributed by atoms with E-state index < -0.39 is 38.8 Å². The molecule has 1 amide bonds. The third kappa shape index (κ3) is 4.75. The molecule has 0 bridgehead atoms. The van der Waals surface area contributed by atoms with Gasteiger partial charge in [0, 0.05) is 17.7 Å². The smallest absolute Gasteiger partial charge is 0.339 e. The van der Waals surface area contributed by atoms with Crippen molar-refractivity contribution in [2.24, 2.45) is 0 Å². The molecule has 2 rings (SSSR count). The lowest BCUT2D eigenvalue weighted by atomic mass is 10.1. The van der Waals surface area contributed by atoms with Gasteiger partial charge in [-0.15, -0.1) is 0 Å². The molecule has 0 aliphatic carbocycles. The first kappa shape index (κ1) is 18.8. The highest BCUT2D eigenvalue weighted by molar-refractivity contribution is 7.91. The molecular weight excluding hydrogens is 352 g/mol. The molecule has 1 aromatic rings. The van der Waals surface area contributed by atoms with Crippen molar-refractivity contribution in [3.05, 3.63) is 39.4 Å². The molecule has 1 fully saturated rings. The topological polar surface area (TPSA) is 133 Å². The minimum Gasteiger partial charge on any atom is -0.449 e. The molecule has 25 heavy (non-hydrogen) atoms. The molecule has 0 aromatic heterocycles. The van der Waals surface area contributed by atoms with Gasteiger partial charge in [0.15, 0.2) is 15.9 Å². The zero-order valence-corrected chi connectivity index (χ0v) is 14.5. The normalized spacial score (nSPS) is 19.8. The Morgan fingerprint density at radius 3 is 2.64 bits per heavy atom. The van der Waals surface area contributed by atoms with Gasteiger partial charge >= 0.3 is 5.97 Å². The van der Waals surface area contributed by atoms with Gasteiger partial charge in [0.1, 0.15) is 0 Å². The summed E-state index contributed by atoms with van der Waals surface area (Å²) < 4.78 is 27.8. The third-order valence-electron chi connectivity index (χ3n) is 3.87. The van der Waals surface area contributed by atoms with E-state index in [1.165, 1.54) is 19.1 Å². The maximum atomic E-state index is 12.1. The summed E-state index contributed by atoms with van der Waals surface area (Å²) in [7, 11) is -3.14. The van der Waals surface area contributed by atoms with Gasteiger partial charge in [-0.2, -0.15) is 0 Å². The van der Waals surface area contributed by atoms with Gasteiger partial charge in [-0.25, -0.2) is 13.2 Å². The van der Waals surface area contributed by atoms with Crippen LogP contribution in [-0.4, -0.2) is 48.9 Å². The number of nitrogens with one attached hydrogen (secondary N) is 1. The van der Waals surface area contributed by atoms with Crippen molar-refractivity contribution in [1.82, 2.24) is 5.32 Å². The number of benzene rings is 1. The van der Waals surface area contributed by atoms with Crippen LogP contribution in [0.2, 0.25) is 0 Å². The molecule has 1 heterocycles. The lowest BCUT2D eigenvalue weighted by Gasteiger charge is -2.16. The van der Waals surface area contributed by atoms with E-state index in [0.29, 0.717) is 12.0 Å². The molecule has 10 heteroatoms. The Labute approximate surface area is 144 Å². The summed E-state index contributed by atoms with van der Waals surface area (Å²) in [5, 5.41) is 13.4. The fraction of sp³-hybridized carbons (Fsp3) is 0.467. The van der Waals surface area contributed by atoms with E-state index in [9.17, 15) is 28.1 Å². The van der Waals surface area contributed by atoms with Crippen molar-refractivity contribution in [3.8, 4) is 0 Å². The van der Waals surface area contributed by atoms with Crippen LogP contribution < -0.4 is 5.32 Å². The number of carbonyl (C=O) groups excluding carboxylic acids is 2. The van der Waals surface area contributed by atoms with Crippen LogP contribution in [-0.2, 0) is 19.4 Å². The largest absolute Gasteiger partial charge is 0.449 e. The number of sulfone groups is 1. The molecule has 1 aromatic carbocycles. The fourth-order valence-electron chi connectivity index (χ4n) is 2.44. The molecule has 9 nitrogen and oxygen atoms in total. The highest BCUT2D eigenvalue weighted by atomic mass is 32.2. The van der Waals surface area contributed by atoms with Gasteiger partial charge < -0.3 is 10.1 Å². The average molecular weight is 370 g/mol. The molecule has 1 aliphatic rings. The number of carbonyl (C=O) groups is 2. The fourth-order valence-corrected chi connectivity index (χ4v) is 4.12. The van der Waals surface area contributed by atoms with Crippen LogP contribution >= 0.6 is 0 Å². The monoisotopic (exact) mass is 370 g/mol. The van der Waals surface area contributed by atoms with Crippen LogP contribution in [0.5, 0.6) is 0 Å². The van der Waals surface area contributed by atoms with Crippen LogP contribution in [0.25, 0.3) is 0 Å². The van der Waals surface area contributed by atoms with E-state index in [2.05, 4.69) is 5.32 Å². The summed E-state index contributed by atoms with van der Waals surface area (Å²) >= 11 is 0. The Morgan fingerprint density at radius 1 is 1.40 bits per heavy atom. The van der Waals surface area contributed by atoms with E-state index in [0.717, 1.165) is 6.07 Å². The van der Waals surface area contributed by atoms with Gasteiger partial charge in [-0.05, 0) is 26.3 Å². The standard InChI is InChI=1S/C15H18N2O7S/c1-9-3-4-11(7-13(9)17(20)21)15(19)24-10(2)14(18)16-12-5-6-25(22,23)8-12/h3-4,7,10,12H,5-6,8H2,1-2H3,(H,16,18)/t10-,12+/m1/s1. The van der Waals surface area contributed by atoms with Crippen molar-refractivity contribution in [2.45, 2.75) is 32.4 Å². The lowest BCUT2D eigenvalue weighted by molar-refractivity contribution is -0.385. The highest BCUT2D eigenvalue weighted by Crippen LogP contribution is 2.20. The van der Waals surface area contributed by atoms with Crippen LogP contribution in [0.1, 0.15) is 29.3 Å². The lowest BCUT2D eigenvalue weighted by Crippen LogP contribution is -2.42. The maximum Gasteiger partial charge on any atom is 0.339 e. The van der Waals surface area contributed by atoms with Crippen molar-refractivity contribution in [3.63, 3.8) is 0 Å². The Bertz CT molecular complexity index is 819. The van der Waals surface area contributed by atoms with E-state index in [1.54, 1.807) is 6.92 Å². The van der Waals surface area contributed by atoms with Gasteiger partial charge in [0.05, 0.1) is 22.0 Å². The highest BCUT2D eigenvalue weighted by Gasteiger charge is 2.31. The Morgan fingerprint density at radius 2 is 2.08 bits per heavy atom. The van der Waals surface area contributed by atoms with Crippen molar-refractivity contribution >= 4 is 27.4 Å². The minimum absolute atomic E-state index is 0.0130. The number of nitrogens with zero attached hydrogens (tertiary/aromatic N) is 1. The van der Waals surface area contributed by atoms with Crippen molar-refractivity contribution in [2.75, 3.05) is 11.5 Å². The molecule has 1 aliphatic heterocycles. The number of esters is 1. The van der Waals surface area contributed by atoms with E-state index in [1.807, 2.05) is 0 Å². The quantitative estimate of drug-likeness (QED) is 0.459.